The third-order valence-corrected chi connectivity index (χ3v) is 4.24. The standard InChI is InChI=1S/C14H11N3OS2/c18-13(17-14-15-6-7-19-14)12-11(20-9-16-12)8-10-4-2-1-3-5-10/h1-7,9H,8H2,(H,15,17,18). The number of thiazole rings is 2. The summed E-state index contributed by atoms with van der Waals surface area (Å²) in [6.45, 7) is 0. The van der Waals surface area contributed by atoms with Crippen molar-refractivity contribution in [2.75, 3.05) is 5.32 Å². The van der Waals surface area contributed by atoms with E-state index in [1.165, 1.54) is 28.2 Å². The molecule has 0 fully saturated rings. The summed E-state index contributed by atoms with van der Waals surface area (Å²) >= 11 is 2.89. The van der Waals surface area contributed by atoms with Gasteiger partial charge in [0.05, 0.1) is 5.51 Å². The van der Waals surface area contributed by atoms with Crippen LogP contribution in [0.3, 0.4) is 0 Å². The summed E-state index contributed by atoms with van der Waals surface area (Å²) < 4.78 is 0. The predicted molar refractivity (Wildman–Crippen MR) is 81.4 cm³/mol. The molecule has 6 heteroatoms. The Morgan fingerprint density at radius 3 is 2.75 bits per heavy atom. The molecule has 0 aliphatic rings. The lowest BCUT2D eigenvalue weighted by molar-refractivity contribution is 0.102. The summed E-state index contributed by atoms with van der Waals surface area (Å²) in [5.41, 5.74) is 3.35. The number of anilines is 1. The maximum absolute atomic E-state index is 12.2. The van der Waals surface area contributed by atoms with Crippen molar-refractivity contribution in [1.29, 1.82) is 0 Å². The van der Waals surface area contributed by atoms with E-state index in [-0.39, 0.29) is 5.91 Å². The molecule has 0 saturated heterocycles. The number of hydrogen-bond donors (Lipinski definition) is 1. The van der Waals surface area contributed by atoms with Crippen LogP contribution in [0.5, 0.6) is 0 Å². The van der Waals surface area contributed by atoms with Gasteiger partial charge in [0.1, 0.15) is 5.69 Å². The second-order valence-electron chi connectivity index (χ2n) is 4.08. The summed E-state index contributed by atoms with van der Waals surface area (Å²) in [6.07, 6.45) is 2.37. The highest BCUT2D eigenvalue weighted by Crippen LogP contribution is 2.20. The van der Waals surface area contributed by atoms with E-state index in [9.17, 15) is 4.79 Å². The number of rotatable bonds is 4. The maximum atomic E-state index is 12.2. The fourth-order valence-corrected chi connectivity index (χ4v) is 3.12. The number of benzene rings is 1. The predicted octanol–water partition coefficient (Wildman–Crippen LogP) is 3.44. The molecule has 0 radical (unpaired) electrons. The minimum atomic E-state index is -0.202. The van der Waals surface area contributed by atoms with E-state index >= 15 is 0 Å². The first-order valence-electron chi connectivity index (χ1n) is 6.00. The monoisotopic (exact) mass is 301 g/mol. The molecule has 2 heterocycles. The molecule has 0 saturated carbocycles. The molecular weight excluding hydrogens is 290 g/mol. The largest absolute Gasteiger partial charge is 0.296 e. The number of carbonyl (C=O) groups excluding carboxylic acids is 1. The zero-order valence-electron chi connectivity index (χ0n) is 10.4. The van der Waals surface area contributed by atoms with E-state index in [1.54, 1.807) is 11.7 Å². The fraction of sp³-hybridized carbons (Fsp3) is 0.0714. The number of hydrogen-bond acceptors (Lipinski definition) is 5. The first kappa shape index (κ1) is 13.0. The van der Waals surface area contributed by atoms with Gasteiger partial charge in [0.25, 0.3) is 5.91 Å². The summed E-state index contributed by atoms with van der Waals surface area (Å²) in [6, 6.07) is 10.0. The van der Waals surface area contributed by atoms with Gasteiger partial charge < -0.3 is 0 Å². The van der Waals surface area contributed by atoms with Crippen molar-refractivity contribution in [3.63, 3.8) is 0 Å². The first-order valence-corrected chi connectivity index (χ1v) is 7.76. The van der Waals surface area contributed by atoms with Gasteiger partial charge >= 0.3 is 0 Å². The van der Waals surface area contributed by atoms with Crippen molar-refractivity contribution in [2.45, 2.75) is 6.42 Å². The molecule has 0 aliphatic heterocycles. The molecule has 2 aromatic heterocycles. The molecule has 0 bridgehead atoms. The smallest absolute Gasteiger partial charge is 0.277 e. The molecule has 1 N–H and O–H groups in total. The Hall–Kier alpha value is -2.05. The molecule has 0 unspecified atom stereocenters. The molecule has 1 amide bonds. The van der Waals surface area contributed by atoms with E-state index in [4.69, 9.17) is 0 Å². The highest BCUT2D eigenvalue weighted by molar-refractivity contribution is 7.13. The van der Waals surface area contributed by atoms with E-state index in [2.05, 4.69) is 15.3 Å². The molecule has 0 spiro atoms. The van der Waals surface area contributed by atoms with E-state index in [0.717, 1.165) is 4.88 Å². The number of amides is 1. The summed E-state index contributed by atoms with van der Waals surface area (Å²) in [7, 11) is 0. The van der Waals surface area contributed by atoms with Gasteiger partial charge in [0.2, 0.25) is 0 Å². The topological polar surface area (TPSA) is 54.9 Å². The Morgan fingerprint density at radius 2 is 2.00 bits per heavy atom. The van der Waals surface area contributed by atoms with Crippen LogP contribution >= 0.6 is 22.7 Å². The Morgan fingerprint density at radius 1 is 1.15 bits per heavy atom. The lowest BCUT2D eigenvalue weighted by Gasteiger charge is -2.03. The van der Waals surface area contributed by atoms with Crippen LogP contribution in [0.4, 0.5) is 5.13 Å². The van der Waals surface area contributed by atoms with Gasteiger partial charge in [0.15, 0.2) is 5.13 Å². The highest BCUT2D eigenvalue weighted by atomic mass is 32.1. The van der Waals surface area contributed by atoms with Crippen molar-refractivity contribution >= 4 is 33.7 Å². The van der Waals surface area contributed by atoms with Crippen molar-refractivity contribution < 1.29 is 4.79 Å². The normalized spacial score (nSPS) is 10.4. The van der Waals surface area contributed by atoms with Crippen molar-refractivity contribution in [3.05, 3.63) is 63.6 Å². The summed E-state index contributed by atoms with van der Waals surface area (Å²) in [5, 5.41) is 5.18. The van der Waals surface area contributed by atoms with Crippen LogP contribution in [0.1, 0.15) is 20.9 Å². The van der Waals surface area contributed by atoms with Crippen molar-refractivity contribution in [1.82, 2.24) is 9.97 Å². The van der Waals surface area contributed by atoms with Crippen LogP contribution in [0.15, 0.2) is 47.4 Å². The molecule has 3 aromatic rings. The Labute approximate surface area is 124 Å². The Balaban J connectivity index is 1.78. The second kappa shape index (κ2) is 5.94. The van der Waals surface area contributed by atoms with Gasteiger partial charge in [-0.15, -0.1) is 22.7 Å². The Bertz CT molecular complexity index is 692. The lowest BCUT2D eigenvalue weighted by atomic mass is 10.1. The number of aromatic nitrogens is 2. The fourth-order valence-electron chi connectivity index (χ4n) is 1.80. The van der Waals surface area contributed by atoms with Gasteiger partial charge in [0, 0.05) is 22.9 Å². The van der Waals surface area contributed by atoms with Gasteiger partial charge in [-0.2, -0.15) is 0 Å². The zero-order valence-corrected chi connectivity index (χ0v) is 12.1. The molecular formula is C14H11N3OS2. The first-order chi connectivity index (χ1) is 9.83. The number of nitrogens with zero attached hydrogens (tertiary/aromatic N) is 2. The van der Waals surface area contributed by atoms with Crippen molar-refractivity contribution in [3.8, 4) is 0 Å². The Kier molecular flexibility index (Phi) is 3.85. The van der Waals surface area contributed by atoms with Crippen molar-refractivity contribution in [2.24, 2.45) is 0 Å². The van der Waals surface area contributed by atoms with Gasteiger partial charge in [-0.1, -0.05) is 30.3 Å². The summed E-state index contributed by atoms with van der Waals surface area (Å²) in [5.74, 6) is -0.202. The van der Waals surface area contributed by atoms with Crippen LogP contribution in [0.25, 0.3) is 0 Å². The third-order valence-electron chi connectivity index (χ3n) is 2.72. The average molecular weight is 301 g/mol. The van der Waals surface area contributed by atoms with Crippen LogP contribution in [-0.4, -0.2) is 15.9 Å². The SMILES string of the molecule is O=C(Nc1nccs1)c1ncsc1Cc1ccccc1. The molecule has 3 rings (SSSR count). The molecule has 0 aliphatic carbocycles. The molecule has 1 aromatic carbocycles. The van der Waals surface area contributed by atoms with Gasteiger partial charge in [-0.05, 0) is 5.56 Å². The van der Waals surface area contributed by atoms with Crippen LogP contribution in [-0.2, 0) is 6.42 Å². The number of carbonyl (C=O) groups is 1. The lowest BCUT2D eigenvalue weighted by Crippen LogP contribution is -2.14. The van der Waals surface area contributed by atoms with E-state index in [1.807, 2.05) is 35.7 Å². The third kappa shape index (κ3) is 2.92. The number of nitrogens with one attached hydrogen (secondary N) is 1. The average Bonchev–Trinajstić information content (AvgIpc) is 3.11. The minimum Gasteiger partial charge on any atom is -0.296 e. The van der Waals surface area contributed by atoms with E-state index < -0.39 is 0 Å². The minimum absolute atomic E-state index is 0.202. The summed E-state index contributed by atoms with van der Waals surface area (Å²) in [4.78, 5) is 21.4. The maximum Gasteiger partial charge on any atom is 0.277 e. The van der Waals surface area contributed by atoms with Gasteiger partial charge in [-0.3, -0.25) is 10.1 Å². The van der Waals surface area contributed by atoms with Gasteiger partial charge in [-0.25, -0.2) is 9.97 Å². The second-order valence-corrected chi connectivity index (χ2v) is 5.91. The quantitative estimate of drug-likeness (QED) is 0.803. The molecule has 100 valence electrons. The van der Waals surface area contributed by atoms with E-state index in [0.29, 0.717) is 17.2 Å². The van der Waals surface area contributed by atoms with Crippen LogP contribution < -0.4 is 5.32 Å². The highest BCUT2D eigenvalue weighted by Gasteiger charge is 2.16. The van der Waals surface area contributed by atoms with Crippen LogP contribution in [0.2, 0.25) is 0 Å². The zero-order chi connectivity index (χ0) is 13.8. The molecule has 0 atom stereocenters. The molecule has 4 nitrogen and oxygen atoms in total. The molecule has 20 heavy (non-hydrogen) atoms. The van der Waals surface area contributed by atoms with Crippen LogP contribution in [0, 0.1) is 0 Å².